The van der Waals surface area contributed by atoms with Gasteiger partial charge in [-0.25, -0.2) is 0 Å². The molecule has 1 heterocycles. The van der Waals surface area contributed by atoms with Crippen molar-refractivity contribution in [1.82, 2.24) is 10.2 Å². The highest BCUT2D eigenvalue weighted by Crippen LogP contribution is 2.40. The summed E-state index contributed by atoms with van der Waals surface area (Å²) in [6.45, 7) is 7.87. The van der Waals surface area contributed by atoms with Crippen LogP contribution in [-0.2, 0) is 6.54 Å². The molecule has 116 valence electrons. The Morgan fingerprint density at radius 1 is 1.24 bits per heavy atom. The van der Waals surface area contributed by atoms with E-state index in [0.717, 1.165) is 24.7 Å². The van der Waals surface area contributed by atoms with E-state index in [-0.39, 0.29) is 5.54 Å². The third-order valence-corrected chi connectivity index (χ3v) is 6.06. The predicted octanol–water partition coefficient (Wildman–Crippen LogP) is 4.23. The van der Waals surface area contributed by atoms with Crippen LogP contribution in [-0.4, -0.2) is 29.1 Å². The molecule has 21 heavy (non-hydrogen) atoms. The molecule has 3 heteroatoms. The average Bonchev–Trinajstić information content (AvgIpc) is 2.96. The standard InChI is InChI=1S/C18H27ClN2/c1-3-17(2)14-21(12-15-8-4-5-9-16(15)19)18(13-20-17)10-6-7-11-18/h4-5,8-9,20H,3,6-7,10-14H2,1-2H3. The van der Waals surface area contributed by atoms with Crippen LogP contribution >= 0.6 is 11.6 Å². The van der Waals surface area contributed by atoms with Gasteiger partial charge in [0.2, 0.25) is 0 Å². The van der Waals surface area contributed by atoms with Crippen LogP contribution in [0.3, 0.4) is 0 Å². The van der Waals surface area contributed by atoms with E-state index in [0.29, 0.717) is 5.54 Å². The van der Waals surface area contributed by atoms with Gasteiger partial charge in [-0.05, 0) is 37.8 Å². The topological polar surface area (TPSA) is 15.3 Å². The highest BCUT2D eigenvalue weighted by Gasteiger charge is 2.46. The van der Waals surface area contributed by atoms with E-state index in [4.69, 9.17) is 11.6 Å². The lowest BCUT2D eigenvalue weighted by Gasteiger charge is -2.52. The SMILES string of the molecule is CCC1(C)CN(Cc2ccccc2Cl)C2(CCCC2)CN1. The van der Waals surface area contributed by atoms with Crippen molar-refractivity contribution in [2.24, 2.45) is 0 Å². The Balaban J connectivity index is 1.85. The zero-order valence-electron chi connectivity index (χ0n) is 13.3. The fourth-order valence-corrected chi connectivity index (χ4v) is 4.15. The molecule has 1 atom stereocenters. The summed E-state index contributed by atoms with van der Waals surface area (Å²) in [7, 11) is 0. The van der Waals surface area contributed by atoms with Gasteiger partial charge in [0, 0.05) is 35.7 Å². The predicted molar refractivity (Wildman–Crippen MR) is 89.8 cm³/mol. The molecule has 3 rings (SSSR count). The Labute approximate surface area is 133 Å². The van der Waals surface area contributed by atoms with Gasteiger partial charge in [-0.15, -0.1) is 0 Å². The van der Waals surface area contributed by atoms with Crippen molar-refractivity contribution in [3.8, 4) is 0 Å². The number of nitrogens with one attached hydrogen (secondary N) is 1. The largest absolute Gasteiger partial charge is 0.308 e. The Morgan fingerprint density at radius 2 is 1.95 bits per heavy atom. The summed E-state index contributed by atoms with van der Waals surface area (Å²) in [5.74, 6) is 0. The number of nitrogens with zero attached hydrogens (tertiary/aromatic N) is 1. The van der Waals surface area contributed by atoms with Crippen molar-refractivity contribution in [3.63, 3.8) is 0 Å². The van der Waals surface area contributed by atoms with E-state index in [1.807, 2.05) is 12.1 Å². The van der Waals surface area contributed by atoms with Gasteiger partial charge >= 0.3 is 0 Å². The molecule has 1 saturated carbocycles. The molecule has 0 amide bonds. The van der Waals surface area contributed by atoms with Crippen molar-refractivity contribution >= 4 is 11.6 Å². The summed E-state index contributed by atoms with van der Waals surface area (Å²) in [5.41, 5.74) is 1.86. The minimum absolute atomic E-state index is 0.231. The molecule has 2 nitrogen and oxygen atoms in total. The van der Waals surface area contributed by atoms with Crippen LogP contribution in [0.1, 0.15) is 51.5 Å². The molecular formula is C18H27ClN2. The number of benzene rings is 1. The molecule has 0 radical (unpaired) electrons. The first-order valence-electron chi connectivity index (χ1n) is 8.30. The molecule has 1 aliphatic heterocycles. The van der Waals surface area contributed by atoms with Crippen LogP contribution in [0.25, 0.3) is 0 Å². The first kappa shape index (κ1) is 15.3. The van der Waals surface area contributed by atoms with Gasteiger partial charge in [0.25, 0.3) is 0 Å². The maximum Gasteiger partial charge on any atom is 0.0451 e. The molecule has 1 aromatic carbocycles. The highest BCUT2D eigenvalue weighted by molar-refractivity contribution is 6.31. The van der Waals surface area contributed by atoms with Crippen LogP contribution in [0, 0.1) is 0 Å². The number of piperazine rings is 1. The molecule has 1 saturated heterocycles. The van der Waals surface area contributed by atoms with Gasteiger partial charge in [-0.1, -0.05) is 49.6 Å². The third-order valence-electron chi connectivity index (χ3n) is 5.69. The Morgan fingerprint density at radius 3 is 2.62 bits per heavy atom. The lowest BCUT2D eigenvalue weighted by molar-refractivity contribution is 0.00535. The molecule has 2 aliphatic rings. The lowest BCUT2D eigenvalue weighted by Crippen LogP contribution is -2.67. The Kier molecular flexibility index (Phi) is 4.31. The zero-order valence-corrected chi connectivity index (χ0v) is 14.0. The molecular weight excluding hydrogens is 280 g/mol. The normalized spacial score (nSPS) is 29.1. The highest BCUT2D eigenvalue weighted by atomic mass is 35.5. The van der Waals surface area contributed by atoms with Gasteiger partial charge in [0.15, 0.2) is 0 Å². The number of rotatable bonds is 3. The number of halogens is 1. The molecule has 1 N–H and O–H groups in total. The van der Waals surface area contributed by atoms with E-state index in [1.54, 1.807) is 0 Å². The number of hydrogen-bond acceptors (Lipinski definition) is 2. The summed E-state index contributed by atoms with van der Waals surface area (Å²) >= 11 is 6.40. The van der Waals surface area contributed by atoms with Gasteiger partial charge in [0.05, 0.1) is 0 Å². The molecule has 0 aromatic heterocycles. The first-order valence-corrected chi connectivity index (χ1v) is 8.68. The Bertz CT molecular complexity index is 496. The monoisotopic (exact) mass is 306 g/mol. The second-order valence-corrected chi connectivity index (χ2v) is 7.55. The van der Waals surface area contributed by atoms with Crippen LogP contribution in [0.5, 0.6) is 0 Å². The first-order chi connectivity index (χ1) is 10.1. The van der Waals surface area contributed by atoms with Gasteiger partial charge < -0.3 is 5.32 Å². The minimum atomic E-state index is 0.231. The summed E-state index contributed by atoms with van der Waals surface area (Å²) in [6, 6.07) is 8.31. The summed E-state index contributed by atoms with van der Waals surface area (Å²) in [5, 5.41) is 4.74. The van der Waals surface area contributed by atoms with Crippen molar-refractivity contribution < 1.29 is 0 Å². The van der Waals surface area contributed by atoms with Crippen LogP contribution in [0.15, 0.2) is 24.3 Å². The fraction of sp³-hybridized carbons (Fsp3) is 0.667. The van der Waals surface area contributed by atoms with E-state index in [2.05, 4.69) is 36.2 Å². The van der Waals surface area contributed by atoms with Crippen molar-refractivity contribution in [2.75, 3.05) is 13.1 Å². The van der Waals surface area contributed by atoms with Gasteiger partial charge in [-0.3, -0.25) is 4.90 Å². The fourth-order valence-electron chi connectivity index (χ4n) is 3.95. The van der Waals surface area contributed by atoms with E-state index < -0.39 is 0 Å². The second-order valence-electron chi connectivity index (χ2n) is 7.15. The van der Waals surface area contributed by atoms with Crippen molar-refractivity contribution in [2.45, 2.75) is 63.6 Å². The summed E-state index contributed by atoms with van der Waals surface area (Å²) < 4.78 is 0. The molecule has 1 aliphatic carbocycles. The zero-order chi connectivity index (χ0) is 14.9. The third kappa shape index (κ3) is 2.99. The summed E-state index contributed by atoms with van der Waals surface area (Å²) in [4.78, 5) is 2.72. The molecule has 1 spiro atoms. The second kappa shape index (κ2) is 5.91. The molecule has 1 unspecified atom stereocenters. The molecule has 1 aromatic rings. The maximum atomic E-state index is 6.40. The summed E-state index contributed by atoms with van der Waals surface area (Å²) in [6.07, 6.45) is 6.55. The van der Waals surface area contributed by atoms with Crippen molar-refractivity contribution in [1.29, 1.82) is 0 Å². The van der Waals surface area contributed by atoms with Crippen LogP contribution in [0.2, 0.25) is 5.02 Å². The lowest BCUT2D eigenvalue weighted by atomic mass is 9.84. The molecule has 0 bridgehead atoms. The van der Waals surface area contributed by atoms with Gasteiger partial charge in [0.1, 0.15) is 0 Å². The van der Waals surface area contributed by atoms with Crippen LogP contribution < -0.4 is 5.32 Å². The quantitative estimate of drug-likeness (QED) is 0.899. The van der Waals surface area contributed by atoms with Crippen LogP contribution in [0.4, 0.5) is 0 Å². The van der Waals surface area contributed by atoms with E-state index in [1.165, 1.54) is 37.7 Å². The average molecular weight is 307 g/mol. The van der Waals surface area contributed by atoms with Gasteiger partial charge in [-0.2, -0.15) is 0 Å². The van der Waals surface area contributed by atoms with E-state index >= 15 is 0 Å². The van der Waals surface area contributed by atoms with Crippen molar-refractivity contribution in [3.05, 3.63) is 34.9 Å². The smallest absolute Gasteiger partial charge is 0.0451 e. The minimum Gasteiger partial charge on any atom is -0.308 e. The molecule has 2 fully saturated rings. The van der Waals surface area contributed by atoms with E-state index in [9.17, 15) is 0 Å². The Hall–Kier alpha value is -0.570. The maximum absolute atomic E-state index is 6.40. The number of hydrogen-bond donors (Lipinski definition) is 1.